The number of carbonyl (C=O) groups excluding carboxylic acids is 1. The first kappa shape index (κ1) is 18.4. The Balaban J connectivity index is 1.61. The van der Waals surface area contributed by atoms with Gasteiger partial charge in [-0.1, -0.05) is 18.2 Å². The number of amides is 2. The van der Waals surface area contributed by atoms with E-state index < -0.39 is 6.03 Å². The van der Waals surface area contributed by atoms with Gasteiger partial charge in [0, 0.05) is 11.3 Å². The van der Waals surface area contributed by atoms with Gasteiger partial charge in [-0.3, -0.25) is 5.32 Å². The van der Waals surface area contributed by atoms with Crippen LogP contribution in [0.25, 0.3) is 22.4 Å². The summed E-state index contributed by atoms with van der Waals surface area (Å²) in [4.78, 5) is 25.5. The fourth-order valence-corrected chi connectivity index (χ4v) is 3.02. The van der Waals surface area contributed by atoms with Crippen LogP contribution < -0.4 is 10.6 Å². The molecule has 144 valence electrons. The zero-order chi connectivity index (χ0) is 20.4. The average Bonchev–Trinajstić information content (AvgIpc) is 2.71. The van der Waals surface area contributed by atoms with Crippen molar-refractivity contribution in [3.63, 3.8) is 0 Å². The third-order valence-corrected chi connectivity index (χ3v) is 4.47. The number of carbonyl (C=O) groups is 1. The van der Waals surface area contributed by atoms with Gasteiger partial charge < -0.3 is 10.4 Å². The molecule has 2 aromatic heterocycles. The van der Waals surface area contributed by atoms with E-state index in [1.54, 1.807) is 12.1 Å². The Morgan fingerprint density at radius 1 is 0.931 bits per heavy atom. The Hall–Kier alpha value is -4.00. The lowest BCUT2D eigenvalue weighted by molar-refractivity contribution is 0.262. The molecule has 0 aliphatic carbocycles. The van der Waals surface area contributed by atoms with Crippen molar-refractivity contribution in [3.8, 4) is 17.0 Å². The van der Waals surface area contributed by atoms with Crippen molar-refractivity contribution < 1.29 is 9.90 Å². The second-order valence-corrected chi connectivity index (χ2v) is 6.70. The van der Waals surface area contributed by atoms with Crippen LogP contribution in [-0.2, 0) is 0 Å². The first-order chi connectivity index (χ1) is 14.0. The maximum absolute atomic E-state index is 12.2. The minimum absolute atomic E-state index is 0.283. The molecular formula is C22H19N5O2. The number of phenols is 1. The summed E-state index contributed by atoms with van der Waals surface area (Å²) in [6.07, 6.45) is 1.49. The van der Waals surface area contributed by atoms with Gasteiger partial charge in [-0.25, -0.2) is 19.7 Å². The SMILES string of the molecule is Cc1cc(-c2ccc3ncc(NC(=O)Nc4ccccc4)nc3n2)cc(C)c1O. The zero-order valence-corrected chi connectivity index (χ0v) is 16.0. The number of fused-ring (bicyclic) bond motifs is 1. The number of para-hydroxylation sites is 1. The standard InChI is InChI=1S/C22H19N5O2/c1-13-10-15(11-14(2)20(13)28)17-8-9-18-21(25-17)26-19(12-23-18)27-22(29)24-16-6-4-3-5-7-16/h3-12,28H,1-2H3,(H2,24,25,26,27,29). The molecule has 4 aromatic rings. The highest BCUT2D eigenvalue weighted by molar-refractivity contribution is 5.99. The van der Waals surface area contributed by atoms with Crippen molar-refractivity contribution in [1.29, 1.82) is 0 Å². The molecule has 0 saturated carbocycles. The summed E-state index contributed by atoms with van der Waals surface area (Å²) < 4.78 is 0. The number of phenolic OH excluding ortho intramolecular Hbond substituents is 1. The number of benzene rings is 2. The third kappa shape index (κ3) is 3.98. The van der Waals surface area contributed by atoms with E-state index >= 15 is 0 Å². The molecule has 0 saturated heterocycles. The van der Waals surface area contributed by atoms with Crippen LogP contribution in [0.5, 0.6) is 5.75 Å². The number of nitrogens with zero attached hydrogens (tertiary/aromatic N) is 3. The Bertz CT molecular complexity index is 1190. The highest BCUT2D eigenvalue weighted by Gasteiger charge is 2.10. The fraction of sp³-hybridized carbons (Fsp3) is 0.0909. The van der Waals surface area contributed by atoms with E-state index in [1.807, 2.05) is 56.3 Å². The smallest absolute Gasteiger partial charge is 0.324 e. The van der Waals surface area contributed by atoms with Gasteiger partial charge in [0.25, 0.3) is 0 Å². The number of hydrogen-bond donors (Lipinski definition) is 3. The molecule has 0 atom stereocenters. The minimum atomic E-state index is -0.411. The molecule has 2 aromatic carbocycles. The van der Waals surface area contributed by atoms with Gasteiger partial charge in [0.2, 0.25) is 0 Å². The van der Waals surface area contributed by atoms with Gasteiger partial charge in [-0.05, 0) is 61.4 Å². The van der Waals surface area contributed by atoms with Gasteiger partial charge in [-0.2, -0.15) is 0 Å². The zero-order valence-electron chi connectivity index (χ0n) is 16.0. The predicted octanol–water partition coefficient (Wildman–Crippen LogP) is 4.66. The molecule has 0 aliphatic rings. The Morgan fingerprint density at radius 2 is 1.66 bits per heavy atom. The summed E-state index contributed by atoms with van der Waals surface area (Å²) in [5.41, 5.74) is 4.86. The fourth-order valence-electron chi connectivity index (χ4n) is 3.02. The molecule has 7 nitrogen and oxygen atoms in total. The highest BCUT2D eigenvalue weighted by Crippen LogP contribution is 2.28. The van der Waals surface area contributed by atoms with Crippen molar-refractivity contribution in [1.82, 2.24) is 15.0 Å². The molecule has 2 heterocycles. The van der Waals surface area contributed by atoms with Gasteiger partial charge in [0.05, 0.1) is 11.9 Å². The van der Waals surface area contributed by atoms with E-state index in [-0.39, 0.29) is 5.75 Å². The number of anilines is 2. The van der Waals surface area contributed by atoms with Crippen LogP contribution in [0, 0.1) is 13.8 Å². The molecule has 0 spiro atoms. The third-order valence-electron chi connectivity index (χ3n) is 4.47. The maximum atomic E-state index is 12.2. The lowest BCUT2D eigenvalue weighted by Crippen LogP contribution is -2.20. The summed E-state index contributed by atoms with van der Waals surface area (Å²) >= 11 is 0. The Kier molecular flexibility index (Phi) is 4.78. The van der Waals surface area contributed by atoms with E-state index in [9.17, 15) is 9.90 Å². The van der Waals surface area contributed by atoms with E-state index in [1.165, 1.54) is 6.20 Å². The quantitative estimate of drug-likeness (QED) is 0.476. The average molecular weight is 385 g/mol. The molecule has 0 aliphatic heterocycles. The molecule has 3 N–H and O–H groups in total. The predicted molar refractivity (Wildman–Crippen MR) is 113 cm³/mol. The lowest BCUT2D eigenvalue weighted by Gasteiger charge is -2.09. The number of nitrogens with one attached hydrogen (secondary N) is 2. The normalized spacial score (nSPS) is 10.7. The summed E-state index contributed by atoms with van der Waals surface area (Å²) in [6, 6.07) is 16.2. The molecule has 0 bridgehead atoms. The summed E-state index contributed by atoms with van der Waals surface area (Å²) in [5.74, 6) is 0.582. The first-order valence-electron chi connectivity index (χ1n) is 9.07. The number of aromatic hydroxyl groups is 1. The number of hydrogen-bond acceptors (Lipinski definition) is 5. The monoisotopic (exact) mass is 385 g/mol. The molecule has 7 heteroatoms. The molecule has 0 fully saturated rings. The van der Waals surface area contributed by atoms with Crippen molar-refractivity contribution in [2.45, 2.75) is 13.8 Å². The van der Waals surface area contributed by atoms with Crippen LogP contribution in [0.3, 0.4) is 0 Å². The largest absolute Gasteiger partial charge is 0.507 e. The number of pyridine rings is 1. The number of urea groups is 1. The molecule has 29 heavy (non-hydrogen) atoms. The summed E-state index contributed by atoms with van der Waals surface area (Å²) in [7, 11) is 0. The Labute approximate surface area is 167 Å². The van der Waals surface area contributed by atoms with Crippen LogP contribution in [0.2, 0.25) is 0 Å². The van der Waals surface area contributed by atoms with Crippen molar-refractivity contribution >= 4 is 28.7 Å². The van der Waals surface area contributed by atoms with Gasteiger partial charge in [0.1, 0.15) is 11.3 Å². The summed E-state index contributed by atoms with van der Waals surface area (Å²) in [6.45, 7) is 3.69. The first-order valence-corrected chi connectivity index (χ1v) is 9.07. The minimum Gasteiger partial charge on any atom is -0.507 e. The molecule has 4 rings (SSSR count). The lowest BCUT2D eigenvalue weighted by atomic mass is 10.0. The van der Waals surface area contributed by atoms with E-state index in [2.05, 4.69) is 25.6 Å². The number of aromatic nitrogens is 3. The van der Waals surface area contributed by atoms with E-state index in [4.69, 9.17) is 0 Å². The van der Waals surface area contributed by atoms with E-state index in [0.29, 0.717) is 28.4 Å². The van der Waals surface area contributed by atoms with Crippen molar-refractivity contribution in [3.05, 3.63) is 71.9 Å². The van der Waals surface area contributed by atoms with Crippen LogP contribution in [0.4, 0.5) is 16.3 Å². The van der Waals surface area contributed by atoms with Crippen molar-refractivity contribution in [2.24, 2.45) is 0 Å². The highest BCUT2D eigenvalue weighted by atomic mass is 16.3. The number of rotatable bonds is 3. The van der Waals surface area contributed by atoms with Crippen LogP contribution in [0.15, 0.2) is 60.8 Å². The van der Waals surface area contributed by atoms with Crippen LogP contribution in [-0.4, -0.2) is 26.1 Å². The second kappa shape index (κ2) is 7.55. The van der Waals surface area contributed by atoms with Gasteiger partial charge in [-0.15, -0.1) is 0 Å². The summed E-state index contributed by atoms with van der Waals surface area (Å²) in [5, 5.41) is 15.4. The van der Waals surface area contributed by atoms with Gasteiger partial charge in [0.15, 0.2) is 11.5 Å². The van der Waals surface area contributed by atoms with E-state index in [0.717, 1.165) is 16.7 Å². The molecule has 2 amide bonds. The molecule has 0 unspecified atom stereocenters. The van der Waals surface area contributed by atoms with Crippen LogP contribution in [0.1, 0.15) is 11.1 Å². The topological polar surface area (TPSA) is 100 Å². The Morgan fingerprint density at radius 3 is 2.38 bits per heavy atom. The molecular weight excluding hydrogens is 366 g/mol. The van der Waals surface area contributed by atoms with Crippen LogP contribution >= 0.6 is 0 Å². The maximum Gasteiger partial charge on any atom is 0.324 e. The second-order valence-electron chi connectivity index (χ2n) is 6.70. The van der Waals surface area contributed by atoms with Gasteiger partial charge >= 0.3 is 6.03 Å². The van der Waals surface area contributed by atoms with Crippen molar-refractivity contribution in [2.75, 3.05) is 10.6 Å². The number of aryl methyl sites for hydroxylation is 2. The molecule has 0 radical (unpaired) electrons.